The van der Waals surface area contributed by atoms with Crippen LogP contribution in [-0.4, -0.2) is 19.9 Å². The predicted octanol–water partition coefficient (Wildman–Crippen LogP) is 2.42. The van der Waals surface area contributed by atoms with Gasteiger partial charge < -0.3 is 5.11 Å². The number of aromatic nitrogens is 3. The third-order valence-electron chi connectivity index (χ3n) is 3.94. The third-order valence-corrected chi connectivity index (χ3v) is 3.94. The quantitative estimate of drug-likeness (QED) is 0.903. The SMILES string of the molecule is O[C@@]1(c2ccc(F)cc2)CCCC[C@@H]1n1cncn1. The van der Waals surface area contributed by atoms with Crippen molar-refractivity contribution in [1.82, 2.24) is 14.8 Å². The fraction of sp³-hybridized carbons (Fsp3) is 0.429. The fourth-order valence-corrected chi connectivity index (χ4v) is 2.94. The fourth-order valence-electron chi connectivity index (χ4n) is 2.94. The van der Waals surface area contributed by atoms with Crippen molar-refractivity contribution in [2.45, 2.75) is 37.3 Å². The zero-order valence-electron chi connectivity index (χ0n) is 10.5. The number of hydrogen-bond donors (Lipinski definition) is 1. The van der Waals surface area contributed by atoms with E-state index in [9.17, 15) is 9.50 Å². The number of rotatable bonds is 2. The maximum Gasteiger partial charge on any atom is 0.137 e. The van der Waals surface area contributed by atoms with Crippen LogP contribution in [0.1, 0.15) is 37.3 Å². The Morgan fingerprint density at radius 2 is 2.05 bits per heavy atom. The van der Waals surface area contributed by atoms with Gasteiger partial charge in [-0.3, -0.25) is 0 Å². The van der Waals surface area contributed by atoms with E-state index < -0.39 is 5.60 Å². The summed E-state index contributed by atoms with van der Waals surface area (Å²) in [5.74, 6) is -0.291. The molecule has 1 fully saturated rings. The van der Waals surface area contributed by atoms with Crippen molar-refractivity contribution in [3.05, 3.63) is 48.3 Å². The zero-order chi connectivity index (χ0) is 13.3. The summed E-state index contributed by atoms with van der Waals surface area (Å²) < 4.78 is 14.8. The second-order valence-corrected chi connectivity index (χ2v) is 5.07. The molecule has 2 aromatic rings. The summed E-state index contributed by atoms with van der Waals surface area (Å²) in [7, 11) is 0. The molecule has 0 unspecified atom stereocenters. The molecule has 0 saturated heterocycles. The average molecular weight is 261 g/mol. The average Bonchev–Trinajstić information content (AvgIpc) is 2.93. The van der Waals surface area contributed by atoms with Crippen LogP contribution in [-0.2, 0) is 5.60 Å². The molecular formula is C14H16FN3O. The van der Waals surface area contributed by atoms with Gasteiger partial charge in [0.05, 0.1) is 6.04 Å². The Kier molecular flexibility index (Phi) is 3.06. The van der Waals surface area contributed by atoms with E-state index in [0.29, 0.717) is 6.42 Å². The first-order valence-electron chi connectivity index (χ1n) is 6.53. The summed E-state index contributed by atoms with van der Waals surface area (Å²) >= 11 is 0. The van der Waals surface area contributed by atoms with Gasteiger partial charge in [-0.2, -0.15) is 5.10 Å². The molecule has 0 spiro atoms. The van der Waals surface area contributed by atoms with Gasteiger partial charge in [0, 0.05) is 0 Å². The van der Waals surface area contributed by atoms with Crippen molar-refractivity contribution in [3.8, 4) is 0 Å². The smallest absolute Gasteiger partial charge is 0.137 e. The molecule has 0 bridgehead atoms. The summed E-state index contributed by atoms with van der Waals surface area (Å²) in [6, 6.07) is 5.95. The molecule has 0 amide bonds. The lowest BCUT2D eigenvalue weighted by molar-refractivity contribution is -0.0517. The molecule has 100 valence electrons. The van der Waals surface area contributed by atoms with Gasteiger partial charge in [0.2, 0.25) is 0 Å². The molecule has 1 aliphatic carbocycles. The first kappa shape index (κ1) is 12.3. The first-order valence-corrected chi connectivity index (χ1v) is 6.53. The van der Waals surface area contributed by atoms with Crippen LogP contribution in [0.25, 0.3) is 0 Å². The topological polar surface area (TPSA) is 50.9 Å². The Bertz CT molecular complexity index is 540. The van der Waals surface area contributed by atoms with E-state index >= 15 is 0 Å². The van der Waals surface area contributed by atoms with Gasteiger partial charge in [-0.05, 0) is 30.5 Å². The van der Waals surface area contributed by atoms with Gasteiger partial charge >= 0.3 is 0 Å². The lowest BCUT2D eigenvalue weighted by atomic mass is 9.76. The van der Waals surface area contributed by atoms with Crippen molar-refractivity contribution >= 4 is 0 Å². The van der Waals surface area contributed by atoms with E-state index in [1.54, 1.807) is 23.1 Å². The van der Waals surface area contributed by atoms with Crippen LogP contribution in [0.4, 0.5) is 4.39 Å². The van der Waals surface area contributed by atoms with Crippen molar-refractivity contribution < 1.29 is 9.50 Å². The van der Waals surface area contributed by atoms with E-state index in [0.717, 1.165) is 24.8 Å². The largest absolute Gasteiger partial charge is 0.383 e. The molecule has 5 heteroatoms. The van der Waals surface area contributed by atoms with Crippen molar-refractivity contribution in [3.63, 3.8) is 0 Å². The van der Waals surface area contributed by atoms with Gasteiger partial charge in [0.15, 0.2) is 0 Å². The summed E-state index contributed by atoms with van der Waals surface area (Å²) in [6.07, 6.45) is 6.61. The van der Waals surface area contributed by atoms with Crippen LogP contribution >= 0.6 is 0 Å². The van der Waals surface area contributed by atoms with Crippen molar-refractivity contribution in [2.75, 3.05) is 0 Å². The third kappa shape index (κ3) is 2.14. The van der Waals surface area contributed by atoms with Crippen LogP contribution < -0.4 is 0 Å². The summed E-state index contributed by atoms with van der Waals surface area (Å²) in [4.78, 5) is 3.95. The molecule has 1 aromatic carbocycles. The number of aliphatic hydroxyl groups is 1. The molecule has 1 N–H and O–H groups in total. The minimum absolute atomic E-state index is 0.144. The Balaban J connectivity index is 2.00. The highest BCUT2D eigenvalue weighted by atomic mass is 19.1. The highest BCUT2D eigenvalue weighted by Gasteiger charge is 2.42. The van der Waals surface area contributed by atoms with Crippen LogP contribution in [0.2, 0.25) is 0 Å². The van der Waals surface area contributed by atoms with E-state index in [1.165, 1.54) is 18.5 Å². The monoisotopic (exact) mass is 261 g/mol. The Labute approximate surface area is 110 Å². The lowest BCUT2D eigenvalue weighted by Gasteiger charge is -2.40. The first-order chi connectivity index (χ1) is 9.20. The second kappa shape index (κ2) is 4.74. The normalized spacial score (nSPS) is 27.4. The van der Waals surface area contributed by atoms with Crippen LogP contribution in [0.3, 0.4) is 0 Å². The molecule has 1 aliphatic rings. The molecule has 1 saturated carbocycles. The van der Waals surface area contributed by atoms with Gasteiger partial charge in [-0.15, -0.1) is 0 Å². The Morgan fingerprint density at radius 1 is 1.26 bits per heavy atom. The molecule has 4 nitrogen and oxygen atoms in total. The molecule has 3 rings (SSSR count). The maximum absolute atomic E-state index is 13.0. The van der Waals surface area contributed by atoms with E-state index in [4.69, 9.17) is 0 Å². The molecule has 0 aliphatic heterocycles. The molecule has 2 atom stereocenters. The van der Waals surface area contributed by atoms with Gasteiger partial charge in [-0.1, -0.05) is 25.0 Å². The lowest BCUT2D eigenvalue weighted by Crippen LogP contribution is -2.39. The number of benzene rings is 1. The van der Waals surface area contributed by atoms with Crippen LogP contribution in [0, 0.1) is 5.82 Å². The number of hydrogen-bond acceptors (Lipinski definition) is 3. The van der Waals surface area contributed by atoms with Crippen molar-refractivity contribution in [2.24, 2.45) is 0 Å². The number of halogens is 1. The van der Waals surface area contributed by atoms with E-state index in [1.807, 2.05) is 0 Å². The predicted molar refractivity (Wildman–Crippen MR) is 67.8 cm³/mol. The Morgan fingerprint density at radius 3 is 2.74 bits per heavy atom. The maximum atomic E-state index is 13.0. The van der Waals surface area contributed by atoms with E-state index in [2.05, 4.69) is 10.1 Å². The highest BCUT2D eigenvalue weighted by Crippen LogP contribution is 2.44. The molecule has 1 aromatic heterocycles. The van der Waals surface area contributed by atoms with E-state index in [-0.39, 0.29) is 11.9 Å². The highest BCUT2D eigenvalue weighted by molar-refractivity contribution is 5.25. The number of nitrogens with zero attached hydrogens (tertiary/aromatic N) is 3. The minimum Gasteiger partial charge on any atom is -0.383 e. The molecule has 19 heavy (non-hydrogen) atoms. The van der Waals surface area contributed by atoms with Gasteiger partial charge in [0.1, 0.15) is 24.1 Å². The Hall–Kier alpha value is -1.75. The van der Waals surface area contributed by atoms with Gasteiger partial charge in [-0.25, -0.2) is 14.1 Å². The second-order valence-electron chi connectivity index (χ2n) is 5.07. The summed E-state index contributed by atoms with van der Waals surface area (Å²) in [5, 5.41) is 15.2. The van der Waals surface area contributed by atoms with Crippen LogP contribution in [0.5, 0.6) is 0 Å². The molecular weight excluding hydrogens is 245 g/mol. The van der Waals surface area contributed by atoms with Crippen LogP contribution in [0.15, 0.2) is 36.9 Å². The summed E-state index contributed by atoms with van der Waals surface area (Å²) in [6.45, 7) is 0. The van der Waals surface area contributed by atoms with Gasteiger partial charge in [0.25, 0.3) is 0 Å². The standard InChI is InChI=1S/C14H16FN3O/c15-12-6-4-11(5-7-12)14(19)8-2-1-3-13(14)18-10-16-9-17-18/h4-7,9-10,13,19H,1-3,8H2/t13-,14+/m0/s1. The van der Waals surface area contributed by atoms with Crippen molar-refractivity contribution in [1.29, 1.82) is 0 Å². The minimum atomic E-state index is -1.00. The summed E-state index contributed by atoms with van der Waals surface area (Å²) in [5.41, 5.74) is -0.256. The zero-order valence-corrected chi connectivity index (χ0v) is 10.5. The molecule has 0 radical (unpaired) electrons. The molecule has 1 heterocycles.